The topological polar surface area (TPSA) is 144 Å². The second-order valence-corrected chi connectivity index (χ2v) is 12.7. The molecule has 0 aromatic rings. The molecule has 13 nitrogen and oxygen atoms in total. The van der Waals surface area contributed by atoms with Crippen molar-refractivity contribution in [1.29, 1.82) is 0 Å². The van der Waals surface area contributed by atoms with E-state index in [0.29, 0.717) is 26.4 Å². The number of hydrogen-bond donors (Lipinski definition) is 0. The Hall–Kier alpha value is -1.94. The highest BCUT2D eigenvalue weighted by molar-refractivity contribution is 5.67. The van der Waals surface area contributed by atoms with E-state index in [1.54, 1.807) is 6.92 Å². The molecule has 2 aliphatic rings. The first-order valence-electron chi connectivity index (χ1n) is 18.0. The second kappa shape index (κ2) is 22.8. The Labute approximate surface area is 291 Å². The lowest BCUT2D eigenvalue weighted by atomic mass is 9.92. The molecule has 2 fully saturated rings. The molecule has 0 aliphatic carbocycles. The van der Waals surface area contributed by atoms with Crippen LogP contribution in [-0.4, -0.2) is 119 Å². The van der Waals surface area contributed by atoms with E-state index in [1.165, 1.54) is 6.92 Å². The average molecular weight is 709 g/mol. The van der Waals surface area contributed by atoms with Crippen molar-refractivity contribution >= 4 is 17.9 Å². The summed E-state index contributed by atoms with van der Waals surface area (Å²) < 4.78 is 76.9. The van der Waals surface area contributed by atoms with Crippen molar-refractivity contribution in [1.82, 2.24) is 0 Å². The average Bonchev–Trinajstić information content (AvgIpc) is 3.03. The molecule has 49 heavy (non-hydrogen) atoms. The largest absolute Gasteiger partial charge is 0.463 e. The number of halogens is 1. The van der Waals surface area contributed by atoms with Gasteiger partial charge in [0.1, 0.15) is 37.1 Å². The molecule has 14 heteroatoms. The van der Waals surface area contributed by atoms with Gasteiger partial charge in [-0.25, -0.2) is 4.39 Å². The van der Waals surface area contributed by atoms with Crippen LogP contribution in [0.4, 0.5) is 4.39 Å². The molecule has 0 aromatic heterocycles. The molecule has 2 saturated heterocycles. The summed E-state index contributed by atoms with van der Waals surface area (Å²) in [5, 5.41) is 0. The van der Waals surface area contributed by atoms with Crippen LogP contribution >= 0.6 is 0 Å². The highest BCUT2D eigenvalue weighted by Gasteiger charge is 2.59. The predicted molar refractivity (Wildman–Crippen MR) is 175 cm³/mol. The number of ether oxygens (including phenoxy) is 10. The molecule has 2 aliphatic heterocycles. The van der Waals surface area contributed by atoms with Gasteiger partial charge >= 0.3 is 17.9 Å². The van der Waals surface area contributed by atoms with Crippen molar-refractivity contribution in [2.24, 2.45) is 0 Å². The van der Waals surface area contributed by atoms with Crippen LogP contribution in [0.3, 0.4) is 0 Å². The molecule has 0 aromatic carbocycles. The molecule has 0 saturated carbocycles. The molecule has 2 heterocycles. The van der Waals surface area contributed by atoms with Crippen LogP contribution in [0.15, 0.2) is 0 Å². The smallest absolute Gasteiger partial charge is 0.303 e. The van der Waals surface area contributed by atoms with Crippen molar-refractivity contribution < 1.29 is 66.1 Å². The van der Waals surface area contributed by atoms with E-state index >= 15 is 4.39 Å². The number of carbonyl (C=O) groups excluding carboxylic acids is 3. The quantitative estimate of drug-likeness (QED) is 0.0801. The summed E-state index contributed by atoms with van der Waals surface area (Å²) in [6.45, 7) is 14.7. The fourth-order valence-corrected chi connectivity index (χ4v) is 5.69. The van der Waals surface area contributed by atoms with Crippen LogP contribution in [0.25, 0.3) is 0 Å². The van der Waals surface area contributed by atoms with Gasteiger partial charge in [-0.2, -0.15) is 0 Å². The highest BCUT2D eigenvalue weighted by Crippen LogP contribution is 2.40. The first kappa shape index (κ1) is 43.2. The number of esters is 3. The van der Waals surface area contributed by atoms with Crippen molar-refractivity contribution in [2.75, 3.05) is 39.6 Å². The van der Waals surface area contributed by atoms with Gasteiger partial charge in [0.2, 0.25) is 0 Å². The van der Waals surface area contributed by atoms with Gasteiger partial charge in [-0.05, 0) is 32.6 Å². The SMILES string of the molecule is CCCCOCC1O[C@](C)(O[C@H]2OC(COC(C)=O)[C@@H](OC(C)=O)C(OC(C)=O)C2F)C(OCCCC)C(OCCCC)[C@@H]1OCCCC. The summed E-state index contributed by atoms with van der Waals surface area (Å²) in [7, 11) is 0. The summed E-state index contributed by atoms with van der Waals surface area (Å²) in [6, 6.07) is 0. The fraction of sp³-hybridized carbons (Fsp3) is 0.914. The van der Waals surface area contributed by atoms with Gasteiger partial charge in [0.05, 0.1) is 6.61 Å². The maximum Gasteiger partial charge on any atom is 0.303 e. The lowest BCUT2D eigenvalue weighted by Crippen LogP contribution is -2.69. The molecule has 0 spiro atoms. The first-order chi connectivity index (χ1) is 23.4. The molecule has 2 rings (SSSR count). The number of unbranched alkanes of at least 4 members (excludes halogenated alkanes) is 4. The normalized spacial score (nSPS) is 31.7. The third kappa shape index (κ3) is 14.0. The van der Waals surface area contributed by atoms with Gasteiger partial charge in [-0.15, -0.1) is 0 Å². The Morgan fingerprint density at radius 1 is 0.653 bits per heavy atom. The summed E-state index contributed by atoms with van der Waals surface area (Å²) in [5.74, 6) is -3.94. The van der Waals surface area contributed by atoms with Crippen LogP contribution in [0.5, 0.6) is 0 Å². The predicted octanol–water partition coefficient (Wildman–Crippen LogP) is 4.98. The first-order valence-corrected chi connectivity index (χ1v) is 18.0. The standard InChI is InChI=1S/C35H61FO13/c1-9-13-17-40-21-27-29(41-18-14-10-2)32(42-19-15-11-3)33(43-20-16-12-4)35(8,48-27)49-34-28(36)31(46-25(7)39)30(45-24(6)38)26(47-34)22-44-23(5)37/h26-34H,9-22H2,1-8H3/t26?,27?,28?,29-,30-,31?,32?,33?,34-,35-/m1/s1. The maximum atomic E-state index is 16.5. The Morgan fingerprint density at radius 2 is 1.18 bits per heavy atom. The van der Waals surface area contributed by atoms with Crippen molar-refractivity contribution in [2.45, 2.75) is 168 Å². The number of rotatable bonds is 23. The molecular formula is C35H61FO13. The van der Waals surface area contributed by atoms with Gasteiger partial charge in [0.25, 0.3) is 0 Å². The van der Waals surface area contributed by atoms with Crippen LogP contribution in [0.2, 0.25) is 0 Å². The summed E-state index contributed by atoms with van der Waals surface area (Å²) in [6.07, 6.45) is -4.35. The lowest BCUT2D eigenvalue weighted by molar-refractivity contribution is -0.420. The van der Waals surface area contributed by atoms with Gasteiger partial charge in [0.15, 0.2) is 30.5 Å². The van der Waals surface area contributed by atoms with Gasteiger partial charge in [-0.3, -0.25) is 14.4 Å². The minimum atomic E-state index is -2.16. The molecule has 0 N–H and O–H groups in total. The number of carbonyl (C=O) groups is 3. The Kier molecular flexibility index (Phi) is 20.1. The van der Waals surface area contributed by atoms with E-state index in [-0.39, 0.29) is 6.61 Å². The minimum absolute atomic E-state index is 0.148. The third-order valence-corrected chi connectivity index (χ3v) is 8.20. The summed E-state index contributed by atoms with van der Waals surface area (Å²) in [4.78, 5) is 35.9. The van der Waals surface area contributed by atoms with E-state index in [4.69, 9.17) is 47.4 Å². The highest BCUT2D eigenvalue weighted by atomic mass is 19.1. The molecule has 0 radical (unpaired) electrons. The molecule has 286 valence electrons. The molecule has 10 atom stereocenters. The van der Waals surface area contributed by atoms with E-state index in [2.05, 4.69) is 20.8 Å². The zero-order valence-corrected chi connectivity index (χ0v) is 30.8. The number of hydrogen-bond acceptors (Lipinski definition) is 13. The van der Waals surface area contributed by atoms with E-state index in [0.717, 1.165) is 65.2 Å². The zero-order valence-electron chi connectivity index (χ0n) is 30.8. The monoisotopic (exact) mass is 708 g/mol. The van der Waals surface area contributed by atoms with Crippen LogP contribution < -0.4 is 0 Å². The Bertz CT molecular complexity index is 970. The third-order valence-electron chi connectivity index (χ3n) is 8.20. The molecular weight excluding hydrogens is 647 g/mol. The summed E-state index contributed by atoms with van der Waals surface area (Å²) in [5.41, 5.74) is 0. The minimum Gasteiger partial charge on any atom is -0.463 e. The van der Waals surface area contributed by atoms with Gasteiger partial charge in [0, 0.05) is 47.2 Å². The molecule has 0 bridgehead atoms. The van der Waals surface area contributed by atoms with Crippen molar-refractivity contribution in [3.05, 3.63) is 0 Å². The summed E-state index contributed by atoms with van der Waals surface area (Å²) >= 11 is 0. The molecule has 0 amide bonds. The van der Waals surface area contributed by atoms with Crippen LogP contribution in [0.1, 0.15) is 107 Å². The fourth-order valence-electron chi connectivity index (χ4n) is 5.69. The Balaban J connectivity index is 2.59. The van der Waals surface area contributed by atoms with Crippen LogP contribution in [0, 0.1) is 0 Å². The van der Waals surface area contributed by atoms with Gasteiger partial charge < -0.3 is 47.4 Å². The maximum absolute atomic E-state index is 16.5. The number of alkyl halides is 1. The Morgan fingerprint density at radius 3 is 1.73 bits per heavy atom. The van der Waals surface area contributed by atoms with E-state index in [9.17, 15) is 14.4 Å². The van der Waals surface area contributed by atoms with E-state index in [1.807, 2.05) is 6.92 Å². The zero-order chi connectivity index (χ0) is 36.4. The second-order valence-electron chi connectivity index (χ2n) is 12.7. The lowest BCUT2D eigenvalue weighted by Gasteiger charge is -2.53. The van der Waals surface area contributed by atoms with Gasteiger partial charge in [-0.1, -0.05) is 53.4 Å². The van der Waals surface area contributed by atoms with Crippen LogP contribution in [-0.2, 0) is 61.8 Å². The van der Waals surface area contributed by atoms with E-state index < -0.39 is 85.5 Å². The molecule has 6 unspecified atom stereocenters. The van der Waals surface area contributed by atoms with Crippen molar-refractivity contribution in [3.8, 4) is 0 Å². The van der Waals surface area contributed by atoms with Crippen molar-refractivity contribution in [3.63, 3.8) is 0 Å².